The number of piperidine rings is 1. The van der Waals surface area contributed by atoms with E-state index in [-0.39, 0.29) is 6.10 Å². The molecule has 0 radical (unpaired) electrons. The predicted octanol–water partition coefficient (Wildman–Crippen LogP) is 1.53. The van der Waals surface area contributed by atoms with Crippen LogP contribution in [0.1, 0.15) is 38.4 Å². The van der Waals surface area contributed by atoms with E-state index >= 15 is 0 Å². The molecular formula is C16H23N5O3. The third-order valence-electron chi connectivity index (χ3n) is 3.91. The molecule has 3 rings (SSSR count). The van der Waals surface area contributed by atoms with Crippen molar-refractivity contribution in [2.75, 3.05) is 18.0 Å². The number of nitrogens with zero attached hydrogens (tertiary/aromatic N) is 5. The summed E-state index contributed by atoms with van der Waals surface area (Å²) in [5, 5.41) is 14.7. The quantitative estimate of drug-likeness (QED) is 0.880. The zero-order valence-corrected chi connectivity index (χ0v) is 14.3. The summed E-state index contributed by atoms with van der Waals surface area (Å²) < 4.78 is 10.8. The summed E-state index contributed by atoms with van der Waals surface area (Å²) in [6.07, 6.45) is 3.42. The molecule has 8 heteroatoms. The van der Waals surface area contributed by atoms with Crippen LogP contribution in [0.15, 0.2) is 16.9 Å². The fraction of sp³-hybridized carbons (Fsp3) is 0.625. The standard InChI is InChI=1S/C16H23N5O3/c1-11(2)23-14-7-13(17-10-18-14)21-6-4-5-16(22,9-21)8-15-19-12(3)20-24-15/h7,10-11,22H,4-6,8-9H2,1-3H3. The Kier molecular flexibility index (Phi) is 4.66. The van der Waals surface area contributed by atoms with Crippen molar-refractivity contribution in [3.05, 3.63) is 24.1 Å². The second-order valence-corrected chi connectivity index (χ2v) is 6.54. The van der Waals surface area contributed by atoms with Gasteiger partial charge < -0.3 is 19.3 Å². The molecule has 0 aliphatic carbocycles. The topological polar surface area (TPSA) is 97.4 Å². The molecule has 0 aromatic carbocycles. The third kappa shape index (κ3) is 4.00. The summed E-state index contributed by atoms with van der Waals surface area (Å²) in [4.78, 5) is 14.7. The van der Waals surface area contributed by atoms with E-state index in [0.29, 0.717) is 37.0 Å². The first-order valence-electron chi connectivity index (χ1n) is 8.19. The van der Waals surface area contributed by atoms with Gasteiger partial charge in [0.25, 0.3) is 0 Å². The molecular weight excluding hydrogens is 310 g/mol. The van der Waals surface area contributed by atoms with Gasteiger partial charge in [0.1, 0.15) is 12.1 Å². The Balaban J connectivity index is 1.73. The fourth-order valence-corrected chi connectivity index (χ4v) is 2.95. The summed E-state index contributed by atoms with van der Waals surface area (Å²) in [6.45, 7) is 6.94. The molecule has 24 heavy (non-hydrogen) atoms. The monoisotopic (exact) mass is 333 g/mol. The van der Waals surface area contributed by atoms with E-state index in [4.69, 9.17) is 9.26 Å². The summed E-state index contributed by atoms with van der Waals surface area (Å²) in [6, 6.07) is 1.81. The molecule has 1 aliphatic rings. The lowest BCUT2D eigenvalue weighted by Gasteiger charge is -2.39. The molecule has 3 heterocycles. The van der Waals surface area contributed by atoms with Crippen molar-refractivity contribution >= 4 is 5.82 Å². The minimum Gasteiger partial charge on any atom is -0.475 e. The molecule has 2 aromatic heterocycles. The lowest BCUT2D eigenvalue weighted by molar-refractivity contribution is 0.0191. The van der Waals surface area contributed by atoms with Gasteiger partial charge in [-0.1, -0.05) is 5.16 Å². The second kappa shape index (κ2) is 6.72. The van der Waals surface area contributed by atoms with Crippen LogP contribution in [0.2, 0.25) is 0 Å². The minimum atomic E-state index is -0.915. The van der Waals surface area contributed by atoms with E-state index in [2.05, 4.69) is 20.1 Å². The summed E-state index contributed by atoms with van der Waals surface area (Å²) in [5.41, 5.74) is -0.915. The van der Waals surface area contributed by atoms with Crippen LogP contribution < -0.4 is 9.64 Å². The van der Waals surface area contributed by atoms with Gasteiger partial charge in [0.15, 0.2) is 5.82 Å². The number of hydrogen-bond acceptors (Lipinski definition) is 8. The Hall–Kier alpha value is -2.22. The number of β-amino-alcohol motifs (C(OH)–C–C–N with tert-alkyl or cyclic N) is 1. The number of ether oxygens (including phenoxy) is 1. The average Bonchev–Trinajstić information content (AvgIpc) is 2.91. The fourth-order valence-electron chi connectivity index (χ4n) is 2.95. The maximum atomic E-state index is 10.9. The van der Waals surface area contributed by atoms with E-state index in [9.17, 15) is 5.11 Å². The Morgan fingerprint density at radius 3 is 2.96 bits per heavy atom. The molecule has 2 aromatic rings. The number of aromatic nitrogens is 4. The molecule has 1 N–H and O–H groups in total. The molecule has 8 nitrogen and oxygen atoms in total. The number of rotatable bonds is 5. The van der Waals surface area contributed by atoms with Crippen molar-refractivity contribution < 1.29 is 14.4 Å². The number of hydrogen-bond donors (Lipinski definition) is 1. The van der Waals surface area contributed by atoms with Crippen LogP contribution in [0, 0.1) is 6.92 Å². The molecule has 1 aliphatic heterocycles. The van der Waals surface area contributed by atoms with Gasteiger partial charge >= 0.3 is 0 Å². The molecule has 0 spiro atoms. The summed E-state index contributed by atoms with van der Waals surface area (Å²) >= 11 is 0. The highest BCUT2D eigenvalue weighted by molar-refractivity contribution is 5.42. The van der Waals surface area contributed by atoms with Crippen molar-refractivity contribution in [1.29, 1.82) is 0 Å². The predicted molar refractivity (Wildman–Crippen MR) is 86.9 cm³/mol. The maximum absolute atomic E-state index is 10.9. The number of aryl methyl sites for hydroxylation is 1. The van der Waals surface area contributed by atoms with Crippen LogP contribution in [0.3, 0.4) is 0 Å². The van der Waals surface area contributed by atoms with Gasteiger partial charge in [-0.05, 0) is 33.6 Å². The van der Waals surface area contributed by atoms with Crippen LogP contribution in [0.25, 0.3) is 0 Å². The first-order chi connectivity index (χ1) is 11.4. The largest absolute Gasteiger partial charge is 0.475 e. The van der Waals surface area contributed by atoms with Crippen LogP contribution in [-0.2, 0) is 6.42 Å². The SMILES string of the molecule is Cc1noc(CC2(O)CCCN(c3cc(OC(C)C)ncn3)C2)n1. The van der Waals surface area contributed by atoms with Gasteiger partial charge in [-0.2, -0.15) is 4.98 Å². The molecule has 1 saturated heterocycles. The van der Waals surface area contributed by atoms with E-state index < -0.39 is 5.60 Å². The smallest absolute Gasteiger partial charge is 0.229 e. The van der Waals surface area contributed by atoms with Gasteiger partial charge in [0, 0.05) is 19.2 Å². The van der Waals surface area contributed by atoms with Gasteiger partial charge in [0.2, 0.25) is 11.8 Å². The van der Waals surface area contributed by atoms with Crippen molar-refractivity contribution in [1.82, 2.24) is 20.1 Å². The van der Waals surface area contributed by atoms with Gasteiger partial charge in [-0.3, -0.25) is 0 Å². The lowest BCUT2D eigenvalue weighted by Crippen LogP contribution is -2.50. The first kappa shape index (κ1) is 16.6. The van der Waals surface area contributed by atoms with Crippen LogP contribution >= 0.6 is 0 Å². The molecule has 1 fully saturated rings. The summed E-state index contributed by atoms with van der Waals surface area (Å²) in [5.74, 6) is 2.33. The Labute approximate surface area is 140 Å². The molecule has 1 atom stereocenters. The second-order valence-electron chi connectivity index (χ2n) is 6.54. The average molecular weight is 333 g/mol. The van der Waals surface area contributed by atoms with E-state index in [1.807, 2.05) is 24.8 Å². The van der Waals surface area contributed by atoms with Crippen LogP contribution in [0.4, 0.5) is 5.82 Å². The highest BCUT2D eigenvalue weighted by Gasteiger charge is 2.36. The van der Waals surface area contributed by atoms with Crippen molar-refractivity contribution in [2.45, 2.75) is 51.7 Å². The van der Waals surface area contributed by atoms with E-state index in [1.165, 1.54) is 6.33 Å². The van der Waals surface area contributed by atoms with Gasteiger partial charge in [0.05, 0.1) is 18.1 Å². The normalized spacial score (nSPS) is 21.3. The third-order valence-corrected chi connectivity index (χ3v) is 3.91. The Morgan fingerprint density at radius 2 is 2.25 bits per heavy atom. The maximum Gasteiger partial charge on any atom is 0.229 e. The zero-order valence-electron chi connectivity index (χ0n) is 14.3. The number of anilines is 1. The molecule has 0 bridgehead atoms. The highest BCUT2D eigenvalue weighted by atomic mass is 16.5. The van der Waals surface area contributed by atoms with E-state index in [1.54, 1.807) is 6.92 Å². The van der Waals surface area contributed by atoms with Crippen LogP contribution in [0.5, 0.6) is 5.88 Å². The van der Waals surface area contributed by atoms with Crippen molar-refractivity contribution in [3.63, 3.8) is 0 Å². The minimum absolute atomic E-state index is 0.0480. The van der Waals surface area contributed by atoms with Crippen molar-refractivity contribution in [3.8, 4) is 5.88 Å². The highest BCUT2D eigenvalue weighted by Crippen LogP contribution is 2.28. The van der Waals surface area contributed by atoms with Crippen LogP contribution in [-0.4, -0.2) is 50.0 Å². The molecule has 1 unspecified atom stereocenters. The van der Waals surface area contributed by atoms with E-state index in [0.717, 1.165) is 18.8 Å². The lowest BCUT2D eigenvalue weighted by atomic mass is 9.89. The molecule has 130 valence electrons. The Morgan fingerprint density at radius 1 is 1.42 bits per heavy atom. The summed E-state index contributed by atoms with van der Waals surface area (Å²) in [7, 11) is 0. The molecule has 0 saturated carbocycles. The number of aliphatic hydroxyl groups is 1. The first-order valence-corrected chi connectivity index (χ1v) is 8.19. The Bertz CT molecular complexity index is 690. The van der Waals surface area contributed by atoms with Gasteiger partial charge in [-0.25, -0.2) is 9.97 Å². The van der Waals surface area contributed by atoms with Crippen molar-refractivity contribution in [2.24, 2.45) is 0 Å². The zero-order chi connectivity index (χ0) is 17.2. The van der Waals surface area contributed by atoms with Gasteiger partial charge in [-0.15, -0.1) is 0 Å². The molecule has 0 amide bonds.